The minimum absolute atomic E-state index is 0.189. The molecule has 0 radical (unpaired) electrons. The second kappa shape index (κ2) is 6.91. The Bertz CT molecular complexity index is 1310. The number of aromatic nitrogens is 6. The van der Waals surface area contributed by atoms with Crippen molar-refractivity contribution in [2.24, 2.45) is 5.41 Å². The van der Waals surface area contributed by atoms with E-state index >= 15 is 0 Å². The number of fused-ring (bicyclic) bond motifs is 2. The van der Waals surface area contributed by atoms with Gasteiger partial charge in [0.05, 0.1) is 22.2 Å². The van der Waals surface area contributed by atoms with Crippen LogP contribution in [0.2, 0.25) is 0 Å². The van der Waals surface area contributed by atoms with Crippen LogP contribution in [0.4, 0.5) is 0 Å². The zero-order valence-electron chi connectivity index (χ0n) is 16.1. The van der Waals surface area contributed by atoms with E-state index in [-0.39, 0.29) is 22.8 Å². The van der Waals surface area contributed by atoms with Gasteiger partial charge in [-0.25, -0.2) is 19.9 Å². The van der Waals surface area contributed by atoms with E-state index in [9.17, 15) is 14.7 Å². The number of carboxylic acids is 1. The first kappa shape index (κ1) is 18.7. The summed E-state index contributed by atoms with van der Waals surface area (Å²) >= 11 is 1.37. The first-order valence-electron chi connectivity index (χ1n) is 9.48. The van der Waals surface area contributed by atoms with E-state index in [4.69, 9.17) is 0 Å². The summed E-state index contributed by atoms with van der Waals surface area (Å²) < 4.78 is 1.58. The summed E-state index contributed by atoms with van der Waals surface area (Å²) in [7, 11) is 0. The minimum atomic E-state index is -0.850. The minimum Gasteiger partial charge on any atom is -0.481 e. The highest BCUT2D eigenvalue weighted by Gasteiger charge is 2.48. The molecule has 30 heavy (non-hydrogen) atoms. The molecule has 9 nitrogen and oxygen atoms in total. The number of nitrogens with zero attached hydrogens (tertiary/aromatic N) is 5. The van der Waals surface area contributed by atoms with Gasteiger partial charge < -0.3 is 10.1 Å². The summed E-state index contributed by atoms with van der Waals surface area (Å²) in [6.45, 7) is 1.70. The molecule has 0 bridgehead atoms. The first-order chi connectivity index (χ1) is 14.4. The second-order valence-electron chi connectivity index (χ2n) is 7.72. The van der Waals surface area contributed by atoms with Crippen LogP contribution in [0.1, 0.15) is 31.6 Å². The Balaban J connectivity index is 1.51. The molecule has 1 fully saturated rings. The molecule has 0 saturated heterocycles. The fraction of sp³-hybridized carbons (Fsp3) is 0.300. The normalized spacial score (nSPS) is 21.0. The number of carbonyl (C=O) groups is 1. The smallest absolute Gasteiger partial charge is 0.309 e. The summed E-state index contributed by atoms with van der Waals surface area (Å²) in [5.41, 5.74) is 1.17. The topological polar surface area (TPSA) is 127 Å². The molecule has 1 aromatic carbocycles. The summed E-state index contributed by atoms with van der Waals surface area (Å²) in [6.07, 6.45) is 3.69. The standard InChI is InChI=1S/C20H18N6O3S/c1-20(18(28)29)8-11(9-20)26-17(27)15-16(22-7-6-21-15)25-19(26)30-10-14-23-12-4-2-3-5-13(12)24-14/h2-7,11H,8-10H2,1H3,(H,23,24)(H,28,29). The van der Waals surface area contributed by atoms with Crippen LogP contribution in [0, 0.1) is 5.41 Å². The third kappa shape index (κ3) is 3.04. The fourth-order valence-electron chi connectivity index (χ4n) is 3.88. The van der Waals surface area contributed by atoms with Gasteiger partial charge in [0.2, 0.25) is 0 Å². The summed E-state index contributed by atoms with van der Waals surface area (Å²) in [5.74, 6) is 0.401. The summed E-state index contributed by atoms with van der Waals surface area (Å²) in [6, 6.07) is 7.51. The van der Waals surface area contributed by atoms with Crippen LogP contribution in [-0.4, -0.2) is 40.6 Å². The van der Waals surface area contributed by atoms with Crippen LogP contribution in [-0.2, 0) is 10.5 Å². The number of benzene rings is 1. The van der Waals surface area contributed by atoms with Gasteiger partial charge in [-0.1, -0.05) is 23.9 Å². The number of nitrogens with one attached hydrogen (secondary N) is 1. The van der Waals surface area contributed by atoms with Crippen molar-refractivity contribution in [1.82, 2.24) is 29.5 Å². The van der Waals surface area contributed by atoms with Crippen LogP contribution in [0.3, 0.4) is 0 Å². The largest absolute Gasteiger partial charge is 0.481 e. The van der Waals surface area contributed by atoms with Crippen LogP contribution in [0.25, 0.3) is 22.2 Å². The van der Waals surface area contributed by atoms with Crippen molar-refractivity contribution >= 4 is 39.9 Å². The van der Waals surface area contributed by atoms with Crippen molar-refractivity contribution in [3.63, 3.8) is 0 Å². The quantitative estimate of drug-likeness (QED) is 0.371. The number of para-hydroxylation sites is 2. The molecular formula is C20H18N6O3S. The van der Waals surface area contributed by atoms with E-state index in [1.165, 1.54) is 24.2 Å². The number of thioether (sulfide) groups is 1. The SMILES string of the molecule is CC1(C(=O)O)CC(n2c(SCc3nc4ccccc4[nH]3)nc3nccnc3c2=O)C1. The Morgan fingerprint density at radius 3 is 2.80 bits per heavy atom. The summed E-state index contributed by atoms with van der Waals surface area (Å²) in [5, 5.41) is 9.94. The Hall–Kier alpha value is -3.27. The third-order valence-electron chi connectivity index (χ3n) is 5.54. The Morgan fingerprint density at radius 1 is 1.27 bits per heavy atom. The lowest BCUT2D eigenvalue weighted by molar-refractivity contribution is -0.155. The zero-order chi connectivity index (χ0) is 20.9. The molecule has 0 atom stereocenters. The zero-order valence-corrected chi connectivity index (χ0v) is 16.9. The average molecular weight is 422 g/mol. The van der Waals surface area contributed by atoms with Crippen molar-refractivity contribution < 1.29 is 9.90 Å². The predicted octanol–water partition coefficient (Wildman–Crippen LogP) is 2.78. The van der Waals surface area contributed by atoms with Gasteiger partial charge in [0.15, 0.2) is 16.3 Å². The van der Waals surface area contributed by atoms with Crippen molar-refractivity contribution in [1.29, 1.82) is 0 Å². The molecule has 1 aliphatic rings. The van der Waals surface area contributed by atoms with Crippen molar-refractivity contribution in [2.75, 3.05) is 0 Å². The molecule has 10 heteroatoms. The Labute approximate surface area is 174 Å². The number of rotatable bonds is 5. The number of aliphatic carboxylic acids is 1. The van der Waals surface area contributed by atoms with E-state index in [0.29, 0.717) is 23.8 Å². The highest BCUT2D eigenvalue weighted by Crippen LogP contribution is 2.48. The van der Waals surface area contributed by atoms with Gasteiger partial charge in [-0.3, -0.25) is 14.2 Å². The third-order valence-corrected chi connectivity index (χ3v) is 6.50. The molecule has 5 rings (SSSR count). The van der Waals surface area contributed by atoms with Gasteiger partial charge in [0, 0.05) is 18.4 Å². The molecule has 2 N–H and O–H groups in total. The molecule has 0 unspecified atom stereocenters. The lowest BCUT2D eigenvalue weighted by atomic mass is 9.67. The van der Waals surface area contributed by atoms with Crippen LogP contribution < -0.4 is 5.56 Å². The second-order valence-corrected chi connectivity index (χ2v) is 8.66. The molecule has 3 aromatic heterocycles. The van der Waals surface area contributed by atoms with Gasteiger partial charge in [0.1, 0.15) is 5.82 Å². The highest BCUT2D eigenvalue weighted by atomic mass is 32.2. The monoisotopic (exact) mass is 422 g/mol. The maximum Gasteiger partial charge on any atom is 0.309 e. The van der Waals surface area contributed by atoms with Crippen LogP contribution >= 0.6 is 11.8 Å². The molecule has 152 valence electrons. The van der Waals surface area contributed by atoms with E-state index in [1.54, 1.807) is 11.5 Å². The van der Waals surface area contributed by atoms with Crippen LogP contribution in [0.15, 0.2) is 46.6 Å². The Kier molecular flexibility index (Phi) is 4.31. The average Bonchev–Trinajstić information content (AvgIpc) is 3.13. The molecule has 4 aromatic rings. The van der Waals surface area contributed by atoms with E-state index in [1.807, 2.05) is 24.3 Å². The van der Waals surface area contributed by atoms with E-state index in [0.717, 1.165) is 16.9 Å². The van der Waals surface area contributed by atoms with Gasteiger partial charge >= 0.3 is 5.97 Å². The molecule has 0 amide bonds. The lowest BCUT2D eigenvalue weighted by Gasteiger charge is -2.42. The van der Waals surface area contributed by atoms with Crippen molar-refractivity contribution in [3.8, 4) is 0 Å². The number of hydrogen-bond donors (Lipinski definition) is 2. The van der Waals surface area contributed by atoms with Crippen LogP contribution in [0.5, 0.6) is 0 Å². The molecule has 1 saturated carbocycles. The number of aromatic amines is 1. The fourth-order valence-corrected chi connectivity index (χ4v) is 4.80. The number of carboxylic acid groups (broad SMARTS) is 1. The van der Waals surface area contributed by atoms with E-state index < -0.39 is 11.4 Å². The highest BCUT2D eigenvalue weighted by molar-refractivity contribution is 7.98. The first-order valence-corrected chi connectivity index (χ1v) is 10.5. The van der Waals surface area contributed by atoms with Gasteiger partial charge in [-0.05, 0) is 31.9 Å². The molecule has 1 aliphatic carbocycles. The number of imidazole rings is 1. The van der Waals surface area contributed by atoms with Crippen molar-refractivity contribution in [3.05, 3.63) is 52.8 Å². The number of H-pyrrole nitrogens is 1. The Morgan fingerprint density at radius 2 is 2.03 bits per heavy atom. The van der Waals surface area contributed by atoms with Gasteiger partial charge in [-0.15, -0.1) is 0 Å². The maximum atomic E-state index is 13.2. The van der Waals surface area contributed by atoms with Gasteiger partial charge in [-0.2, -0.15) is 0 Å². The summed E-state index contributed by atoms with van der Waals surface area (Å²) in [4.78, 5) is 45.4. The molecule has 3 heterocycles. The van der Waals surface area contributed by atoms with Crippen molar-refractivity contribution in [2.45, 2.75) is 36.7 Å². The number of hydrogen-bond acceptors (Lipinski definition) is 7. The molecule has 0 spiro atoms. The lowest BCUT2D eigenvalue weighted by Crippen LogP contribution is -2.45. The maximum absolute atomic E-state index is 13.2. The van der Waals surface area contributed by atoms with Gasteiger partial charge in [0.25, 0.3) is 5.56 Å². The van der Waals surface area contributed by atoms with E-state index in [2.05, 4.69) is 24.9 Å². The molecular weight excluding hydrogens is 404 g/mol. The predicted molar refractivity (Wildman–Crippen MR) is 111 cm³/mol. The molecule has 0 aliphatic heterocycles.